The van der Waals surface area contributed by atoms with Crippen molar-refractivity contribution in [1.82, 2.24) is 0 Å². The second-order valence-corrected chi connectivity index (χ2v) is 11.7. The van der Waals surface area contributed by atoms with Crippen LogP contribution in [0.4, 0.5) is 0 Å². The maximum Gasteiger partial charge on any atom is -0.000728 e. The van der Waals surface area contributed by atoms with E-state index in [2.05, 4.69) is 182 Å². The lowest BCUT2D eigenvalue weighted by Gasteiger charge is -2.19. The summed E-state index contributed by atoms with van der Waals surface area (Å²) in [6.45, 7) is 0. The lowest BCUT2D eigenvalue weighted by molar-refractivity contribution is 1.23. The third kappa shape index (κ3) is 5.11. The van der Waals surface area contributed by atoms with Gasteiger partial charge in [-0.25, -0.2) is 0 Å². The van der Waals surface area contributed by atoms with Crippen LogP contribution in [0.15, 0.2) is 182 Å². The fraction of sp³-hybridized carbons (Fsp3) is 0.0222. The average Bonchev–Trinajstić information content (AvgIpc) is 3.13. The minimum atomic E-state index is 0.864. The van der Waals surface area contributed by atoms with Gasteiger partial charge in [-0.2, -0.15) is 0 Å². The zero-order valence-electron chi connectivity index (χ0n) is 25.0. The van der Waals surface area contributed by atoms with Crippen molar-refractivity contribution in [1.29, 1.82) is 0 Å². The summed E-state index contributed by atoms with van der Waals surface area (Å²) in [4.78, 5) is 0. The van der Waals surface area contributed by atoms with Gasteiger partial charge in [0.25, 0.3) is 0 Å². The van der Waals surface area contributed by atoms with Gasteiger partial charge in [-0.1, -0.05) is 176 Å². The Morgan fingerprint density at radius 3 is 1.36 bits per heavy atom. The van der Waals surface area contributed by atoms with Gasteiger partial charge < -0.3 is 0 Å². The average molecular weight is 573 g/mol. The largest absolute Gasteiger partial charge is 0.0622 e. The maximum atomic E-state index is 2.30. The molecule has 0 heteroatoms. The number of hydrogen-bond acceptors (Lipinski definition) is 0. The van der Waals surface area contributed by atoms with E-state index in [-0.39, 0.29) is 0 Å². The number of fused-ring (bicyclic) bond motifs is 2. The minimum Gasteiger partial charge on any atom is -0.0622 e. The summed E-state index contributed by atoms with van der Waals surface area (Å²) in [5.41, 5.74) is 12.7. The monoisotopic (exact) mass is 572 g/mol. The highest BCUT2D eigenvalue weighted by Crippen LogP contribution is 2.41. The predicted molar refractivity (Wildman–Crippen MR) is 192 cm³/mol. The van der Waals surface area contributed by atoms with E-state index in [1.807, 2.05) is 0 Å². The molecular weight excluding hydrogens is 540 g/mol. The Kier molecular flexibility index (Phi) is 7.02. The Labute approximate surface area is 264 Å². The lowest BCUT2D eigenvalue weighted by atomic mass is 9.85. The molecule has 0 N–H and O–H groups in total. The molecule has 0 spiro atoms. The molecule has 0 unspecified atom stereocenters. The number of benzene rings is 8. The summed E-state index contributed by atoms with van der Waals surface area (Å²) < 4.78 is 0. The molecule has 45 heavy (non-hydrogen) atoms. The molecule has 0 atom stereocenters. The second-order valence-electron chi connectivity index (χ2n) is 11.7. The van der Waals surface area contributed by atoms with E-state index in [1.54, 1.807) is 0 Å². The van der Waals surface area contributed by atoms with Crippen LogP contribution in [0.2, 0.25) is 0 Å². The van der Waals surface area contributed by atoms with Crippen molar-refractivity contribution in [3.05, 3.63) is 193 Å². The van der Waals surface area contributed by atoms with Gasteiger partial charge in [0.15, 0.2) is 0 Å². The van der Waals surface area contributed by atoms with Crippen LogP contribution < -0.4 is 0 Å². The first-order valence-corrected chi connectivity index (χ1v) is 15.7. The van der Waals surface area contributed by atoms with Crippen LogP contribution in [0.5, 0.6) is 0 Å². The topological polar surface area (TPSA) is 0 Å². The highest BCUT2D eigenvalue weighted by atomic mass is 14.2. The molecule has 8 rings (SSSR count). The normalized spacial score (nSPS) is 11.2. The Morgan fingerprint density at radius 2 is 0.733 bits per heavy atom. The molecule has 0 aliphatic rings. The quantitative estimate of drug-likeness (QED) is 0.174. The summed E-state index contributed by atoms with van der Waals surface area (Å²) in [5, 5.41) is 5.21. The smallest absolute Gasteiger partial charge is 0.000728 e. The summed E-state index contributed by atoms with van der Waals surface area (Å²) in [5.74, 6) is 0. The maximum absolute atomic E-state index is 2.30. The highest BCUT2D eigenvalue weighted by Gasteiger charge is 2.17. The van der Waals surface area contributed by atoms with Crippen molar-refractivity contribution in [3.8, 4) is 44.5 Å². The Hall–Kier alpha value is -5.72. The predicted octanol–water partition coefficient (Wildman–Crippen LogP) is 12.3. The molecule has 0 saturated heterocycles. The summed E-state index contributed by atoms with van der Waals surface area (Å²) in [6.07, 6.45) is 0.864. The van der Waals surface area contributed by atoms with Gasteiger partial charge in [-0.3, -0.25) is 0 Å². The molecule has 0 aromatic heterocycles. The van der Waals surface area contributed by atoms with E-state index in [9.17, 15) is 0 Å². The van der Waals surface area contributed by atoms with E-state index in [0.717, 1.165) is 6.42 Å². The molecular formula is C45H32. The van der Waals surface area contributed by atoms with Crippen LogP contribution in [-0.4, -0.2) is 0 Å². The van der Waals surface area contributed by atoms with Crippen molar-refractivity contribution in [2.75, 3.05) is 0 Å². The van der Waals surface area contributed by atoms with Crippen LogP contribution in [0.1, 0.15) is 11.1 Å². The van der Waals surface area contributed by atoms with Crippen molar-refractivity contribution >= 4 is 21.5 Å². The van der Waals surface area contributed by atoms with Gasteiger partial charge in [-0.05, 0) is 89.7 Å². The molecule has 0 amide bonds. The van der Waals surface area contributed by atoms with Crippen molar-refractivity contribution in [2.45, 2.75) is 6.42 Å². The number of rotatable bonds is 6. The molecule has 0 heterocycles. The highest BCUT2D eigenvalue weighted by molar-refractivity contribution is 6.15. The van der Waals surface area contributed by atoms with E-state index < -0.39 is 0 Å². The molecule has 8 aromatic rings. The van der Waals surface area contributed by atoms with E-state index in [1.165, 1.54) is 77.2 Å². The van der Waals surface area contributed by atoms with Crippen LogP contribution >= 0.6 is 0 Å². The molecule has 0 radical (unpaired) electrons. The first-order valence-electron chi connectivity index (χ1n) is 15.7. The van der Waals surface area contributed by atoms with E-state index in [4.69, 9.17) is 0 Å². The van der Waals surface area contributed by atoms with Gasteiger partial charge in [0, 0.05) is 0 Å². The summed E-state index contributed by atoms with van der Waals surface area (Å²) >= 11 is 0. The molecule has 0 aliphatic carbocycles. The van der Waals surface area contributed by atoms with Gasteiger partial charge in [0.1, 0.15) is 0 Å². The van der Waals surface area contributed by atoms with Crippen molar-refractivity contribution in [2.24, 2.45) is 0 Å². The molecule has 212 valence electrons. The van der Waals surface area contributed by atoms with Gasteiger partial charge in [0.2, 0.25) is 0 Å². The standard InChI is InChI=1S/C45H32/c1-3-14-32(15-4-1)36-19-13-20-37(30-36)33-26-28-35(29-27-33)45-42-24-11-9-22-40(42)44(41-23-10-12-25-43(41)45)31-38-18-7-8-21-39(38)34-16-5-2-6-17-34/h1-30H,31H2. The van der Waals surface area contributed by atoms with Crippen LogP contribution in [0, 0.1) is 0 Å². The van der Waals surface area contributed by atoms with Crippen molar-refractivity contribution < 1.29 is 0 Å². The van der Waals surface area contributed by atoms with Gasteiger partial charge in [0.05, 0.1) is 0 Å². The number of hydrogen-bond donors (Lipinski definition) is 0. The fourth-order valence-electron chi connectivity index (χ4n) is 6.82. The molecule has 8 aromatic carbocycles. The molecule has 0 nitrogen and oxygen atoms in total. The van der Waals surface area contributed by atoms with Gasteiger partial charge >= 0.3 is 0 Å². The van der Waals surface area contributed by atoms with Gasteiger partial charge in [-0.15, -0.1) is 0 Å². The van der Waals surface area contributed by atoms with Crippen LogP contribution in [0.25, 0.3) is 66.1 Å². The lowest BCUT2D eigenvalue weighted by Crippen LogP contribution is -1.97. The third-order valence-electron chi connectivity index (χ3n) is 8.99. The zero-order valence-corrected chi connectivity index (χ0v) is 25.0. The van der Waals surface area contributed by atoms with E-state index >= 15 is 0 Å². The van der Waals surface area contributed by atoms with E-state index in [0.29, 0.717) is 0 Å². The molecule has 0 fully saturated rings. The molecule has 0 bridgehead atoms. The first-order chi connectivity index (χ1) is 22.3. The fourth-order valence-corrected chi connectivity index (χ4v) is 6.82. The molecule has 0 aliphatic heterocycles. The Bertz CT molecular complexity index is 2200. The zero-order chi connectivity index (χ0) is 30.0. The first kappa shape index (κ1) is 26.9. The Balaban J connectivity index is 1.24. The van der Waals surface area contributed by atoms with Crippen LogP contribution in [0.3, 0.4) is 0 Å². The Morgan fingerprint density at radius 1 is 0.289 bits per heavy atom. The summed E-state index contributed by atoms with van der Waals surface area (Å²) in [6, 6.07) is 66.0. The molecule has 0 saturated carbocycles. The third-order valence-corrected chi connectivity index (χ3v) is 8.99. The minimum absolute atomic E-state index is 0.864. The van der Waals surface area contributed by atoms with Crippen molar-refractivity contribution in [3.63, 3.8) is 0 Å². The second kappa shape index (κ2) is 11.8. The SMILES string of the molecule is c1ccc(-c2cccc(-c3ccc(-c4c5ccccc5c(Cc5ccccc5-c5ccccc5)c5ccccc45)cc3)c2)cc1. The summed E-state index contributed by atoms with van der Waals surface area (Å²) in [7, 11) is 0. The van der Waals surface area contributed by atoms with Crippen LogP contribution in [-0.2, 0) is 6.42 Å².